The van der Waals surface area contributed by atoms with Crippen molar-refractivity contribution in [1.82, 2.24) is 0 Å². The Morgan fingerprint density at radius 2 is 2.31 bits per heavy atom. The molecule has 1 aliphatic rings. The lowest BCUT2D eigenvalue weighted by molar-refractivity contribution is -0.116. The van der Waals surface area contributed by atoms with Crippen molar-refractivity contribution in [3.8, 4) is 0 Å². The van der Waals surface area contributed by atoms with E-state index in [0.29, 0.717) is 5.02 Å². The van der Waals surface area contributed by atoms with Gasteiger partial charge in [-0.25, -0.2) is 5.01 Å². The third-order valence-electron chi connectivity index (χ3n) is 1.66. The number of hydrogen-bond donors (Lipinski definition) is 0. The Kier molecular flexibility index (Phi) is 1.98. The van der Waals surface area contributed by atoms with Gasteiger partial charge >= 0.3 is 0 Å². The zero-order valence-electron chi connectivity index (χ0n) is 6.64. The molecule has 0 fully saturated rings. The Morgan fingerprint density at radius 1 is 1.46 bits per heavy atom. The average Bonchev–Trinajstić information content (AvgIpc) is 2.52. The number of carbonyl (C=O) groups excluding carboxylic acids is 1. The zero-order chi connectivity index (χ0) is 9.26. The van der Waals surface area contributed by atoms with Crippen LogP contribution in [-0.4, -0.2) is 12.5 Å². The van der Waals surface area contributed by atoms with Crippen molar-refractivity contribution in [2.24, 2.45) is 10.3 Å². The van der Waals surface area contributed by atoms with Gasteiger partial charge in [-0.3, -0.25) is 4.79 Å². The van der Waals surface area contributed by atoms with E-state index in [0.717, 1.165) is 5.69 Å². The monoisotopic (exact) mass is 195 g/mol. The first-order valence-electron chi connectivity index (χ1n) is 3.73. The lowest BCUT2D eigenvalue weighted by Crippen LogP contribution is -2.16. The molecule has 1 aromatic rings. The van der Waals surface area contributed by atoms with Crippen LogP contribution < -0.4 is 5.01 Å². The maximum atomic E-state index is 10.8. The van der Waals surface area contributed by atoms with Gasteiger partial charge in [-0.05, 0) is 18.2 Å². The summed E-state index contributed by atoms with van der Waals surface area (Å²) < 4.78 is 0. The topological polar surface area (TPSA) is 45.0 Å². The zero-order valence-corrected chi connectivity index (χ0v) is 7.40. The van der Waals surface area contributed by atoms with E-state index in [-0.39, 0.29) is 12.5 Å². The van der Waals surface area contributed by atoms with Crippen LogP contribution in [0.15, 0.2) is 34.6 Å². The average molecular weight is 196 g/mol. The van der Waals surface area contributed by atoms with Crippen LogP contribution in [-0.2, 0) is 4.79 Å². The van der Waals surface area contributed by atoms with Gasteiger partial charge < -0.3 is 0 Å². The summed E-state index contributed by atoms with van der Waals surface area (Å²) >= 11 is 5.78. The predicted octanol–water partition coefficient (Wildman–Crippen LogP) is 2.05. The number of hydrogen-bond acceptors (Lipinski definition) is 3. The fourth-order valence-electron chi connectivity index (χ4n) is 1.07. The van der Waals surface area contributed by atoms with Crippen molar-refractivity contribution in [1.29, 1.82) is 0 Å². The highest BCUT2D eigenvalue weighted by molar-refractivity contribution is 6.30. The molecular formula is C8H6ClN3O. The summed E-state index contributed by atoms with van der Waals surface area (Å²) in [5.74, 6) is -0.236. The summed E-state index contributed by atoms with van der Waals surface area (Å²) in [6, 6.07) is 7.12. The quantitative estimate of drug-likeness (QED) is 0.689. The van der Waals surface area contributed by atoms with Crippen molar-refractivity contribution in [3.63, 3.8) is 0 Å². The molecule has 0 atom stereocenters. The van der Waals surface area contributed by atoms with Gasteiger partial charge in [0.25, 0.3) is 5.91 Å². The van der Waals surface area contributed by atoms with Gasteiger partial charge in [0, 0.05) is 5.02 Å². The fourth-order valence-corrected chi connectivity index (χ4v) is 1.26. The highest BCUT2D eigenvalue weighted by atomic mass is 35.5. The van der Waals surface area contributed by atoms with E-state index >= 15 is 0 Å². The maximum absolute atomic E-state index is 10.8. The van der Waals surface area contributed by atoms with E-state index in [1.54, 1.807) is 18.2 Å². The van der Waals surface area contributed by atoms with E-state index in [4.69, 9.17) is 11.6 Å². The minimum atomic E-state index is -0.236. The summed E-state index contributed by atoms with van der Waals surface area (Å²) in [4.78, 5) is 10.8. The lowest BCUT2D eigenvalue weighted by Gasteiger charge is -2.09. The fraction of sp³-hybridized carbons (Fsp3) is 0.125. The first-order valence-corrected chi connectivity index (χ1v) is 4.11. The third-order valence-corrected chi connectivity index (χ3v) is 1.89. The van der Waals surface area contributed by atoms with Gasteiger partial charge in [-0.1, -0.05) is 28.0 Å². The van der Waals surface area contributed by atoms with E-state index in [2.05, 4.69) is 10.3 Å². The van der Waals surface area contributed by atoms with Gasteiger partial charge in [-0.2, -0.15) is 0 Å². The second kappa shape index (κ2) is 3.14. The predicted molar refractivity (Wildman–Crippen MR) is 48.7 cm³/mol. The first-order chi connectivity index (χ1) is 6.25. The van der Waals surface area contributed by atoms with E-state index in [1.165, 1.54) is 5.01 Å². The molecular weight excluding hydrogens is 190 g/mol. The molecule has 0 spiro atoms. The van der Waals surface area contributed by atoms with Crippen molar-refractivity contribution < 1.29 is 4.79 Å². The number of nitrogens with zero attached hydrogens (tertiary/aromatic N) is 3. The summed E-state index contributed by atoms with van der Waals surface area (Å²) in [6.45, 7) is 0.195. The molecule has 5 heteroatoms. The van der Waals surface area contributed by atoms with E-state index in [9.17, 15) is 4.79 Å². The Morgan fingerprint density at radius 3 is 2.92 bits per heavy atom. The first kappa shape index (κ1) is 8.19. The molecule has 0 aromatic heterocycles. The largest absolute Gasteiger partial charge is 0.287 e. The van der Waals surface area contributed by atoms with Crippen LogP contribution in [0.5, 0.6) is 0 Å². The van der Waals surface area contributed by atoms with Crippen LogP contribution in [0.3, 0.4) is 0 Å². The Hall–Kier alpha value is -1.42. The molecule has 66 valence electrons. The van der Waals surface area contributed by atoms with Crippen LogP contribution in [0.2, 0.25) is 5.02 Å². The molecule has 0 unspecified atom stereocenters. The van der Waals surface area contributed by atoms with E-state index in [1.807, 2.05) is 6.07 Å². The van der Waals surface area contributed by atoms with Gasteiger partial charge in [0.05, 0.1) is 5.69 Å². The summed E-state index contributed by atoms with van der Waals surface area (Å²) in [7, 11) is 0. The van der Waals surface area contributed by atoms with Gasteiger partial charge in [0.1, 0.15) is 6.54 Å². The Bertz CT molecular complexity index is 377. The molecule has 0 saturated heterocycles. The van der Waals surface area contributed by atoms with Crippen LogP contribution in [0.4, 0.5) is 5.69 Å². The Labute approximate surface area is 79.8 Å². The molecule has 1 amide bonds. The molecule has 1 aliphatic heterocycles. The molecule has 1 aromatic carbocycles. The summed E-state index contributed by atoms with van der Waals surface area (Å²) in [5.41, 5.74) is 0.780. The van der Waals surface area contributed by atoms with Crippen molar-refractivity contribution in [3.05, 3.63) is 29.3 Å². The lowest BCUT2D eigenvalue weighted by atomic mass is 10.3. The van der Waals surface area contributed by atoms with E-state index < -0.39 is 0 Å². The van der Waals surface area contributed by atoms with Crippen LogP contribution in [0.1, 0.15) is 0 Å². The van der Waals surface area contributed by atoms with Gasteiger partial charge in [0.15, 0.2) is 0 Å². The van der Waals surface area contributed by atoms with Crippen molar-refractivity contribution >= 4 is 23.2 Å². The molecule has 2 rings (SSSR count). The SMILES string of the molecule is O=C1CN(c2cccc(Cl)c2)N=N1. The molecule has 0 bridgehead atoms. The van der Waals surface area contributed by atoms with Crippen molar-refractivity contribution in [2.75, 3.05) is 11.6 Å². The maximum Gasteiger partial charge on any atom is 0.287 e. The van der Waals surface area contributed by atoms with Crippen molar-refractivity contribution in [2.45, 2.75) is 0 Å². The van der Waals surface area contributed by atoms with Crippen LogP contribution >= 0.6 is 11.6 Å². The smallest absolute Gasteiger partial charge is 0.269 e. The van der Waals surface area contributed by atoms with Gasteiger partial charge in [0.2, 0.25) is 0 Å². The molecule has 4 nitrogen and oxygen atoms in total. The molecule has 0 aliphatic carbocycles. The minimum absolute atomic E-state index is 0.195. The van der Waals surface area contributed by atoms with Crippen LogP contribution in [0, 0.1) is 0 Å². The highest BCUT2D eigenvalue weighted by Crippen LogP contribution is 2.21. The standard InChI is InChI=1S/C8H6ClN3O/c9-6-2-1-3-7(4-6)12-5-8(13)10-11-12/h1-4H,5H2. The number of benzene rings is 1. The third kappa shape index (κ3) is 1.67. The number of carbonyl (C=O) groups is 1. The number of amides is 1. The second-order valence-corrected chi connectivity index (χ2v) is 3.06. The minimum Gasteiger partial charge on any atom is -0.269 e. The molecule has 0 radical (unpaired) electrons. The summed E-state index contributed by atoms with van der Waals surface area (Å²) in [5, 5.41) is 9.20. The normalized spacial score (nSPS) is 15.5. The Balaban J connectivity index is 2.27. The van der Waals surface area contributed by atoms with Gasteiger partial charge in [-0.15, -0.1) is 0 Å². The van der Waals surface area contributed by atoms with Crippen LogP contribution in [0.25, 0.3) is 0 Å². The summed E-state index contributed by atoms with van der Waals surface area (Å²) in [6.07, 6.45) is 0. The molecule has 1 heterocycles. The second-order valence-electron chi connectivity index (χ2n) is 2.62. The molecule has 0 saturated carbocycles. The number of anilines is 1. The number of rotatable bonds is 1. The molecule has 0 N–H and O–H groups in total. The number of halogens is 1. The molecule has 13 heavy (non-hydrogen) atoms. The highest BCUT2D eigenvalue weighted by Gasteiger charge is 2.16.